The minimum absolute atomic E-state index is 0.266. The highest BCUT2D eigenvalue weighted by Crippen LogP contribution is 2.13. The summed E-state index contributed by atoms with van der Waals surface area (Å²) in [4.78, 5) is 4.21. The molecule has 0 spiro atoms. The Balaban J connectivity index is 2.02. The molecule has 1 N–H and O–H groups in total. The van der Waals surface area contributed by atoms with E-state index in [-0.39, 0.29) is 6.54 Å². The van der Waals surface area contributed by atoms with Gasteiger partial charge in [-0.3, -0.25) is 4.98 Å². The zero-order valence-electron chi connectivity index (χ0n) is 12.1. The Hall–Kier alpha value is -1.72. The number of aryl methyl sites for hydroxylation is 1. The van der Waals surface area contributed by atoms with Crippen LogP contribution in [0.2, 0.25) is 0 Å². The van der Waals surface area contributed by atoms with Crippen molar-refractivity contribution >= 4 is 10.0 Å². The number of rotatable bonds is 7. The van der Waals surface area contributed by atoms with Gasteiger partial charge in [-0.05, 0) is 48.2 Å². The molecule has 0 radical (unpaired) electrons. The zero-order chi connectivity index (χ0) is 15.1. The fourth-order valence-electron chi connectivity index (χ4n) is 1.98. The molecule has 4 nitrogen and oxygen atoms in total. The van der Waals surface area contributed by atoms with Crippen LogP contribution in [0, 0.1) is 0 Å². The first kappa shape index (κ1) is 15.7. The Morgan fingerprint density at radius 2 is 1.67 bits per heavy atom. The second-order valence-electron chi connectivity index (χ2n) is 4.93. The van der Waals surface area contributed by atoms with Gasteiger partial charge in [-0.1, -0.05) is 25.5 Å². The molecule has 0 amide bonds. The third kappa shape index (κ3) is 4.65. The van der Waals surface area contributed by atoms with Crippen LogP contribution in [0.3, 0.4) is 0 Å². The molecule has 1 aromatic carbocycles. The van der Waals surface area contributed by atoms with Crippen LogP contribution in [0.1, 0.15) is 30.9 Å². The van der Waals surface area contributed by atoms with Gasteiger partial charge in [0, 0.05) is 18.9 Å². The molecule has 0 saturated heterocycles. The topological polar surface area (TPSA) is 59.1 Å². The molecule has 0 aliphatic carbocycles. The van der Waals surface area contributed by atoms with Crippen LogP contribution in [0.5, 0.6) is 0 Å². The molecular weight excluding hydrogens is 284 g/mol. The first-order valence-electron chi connectivity index (χ1n) is 7.09. The molecule has 0 atom stereocenters. The van der Waals surface area contributed by atoms with Gasteiger partial charge in [0.25, 0.3) is 0 Å². The third-order valence-corrected chi connectivity index (χ3v) is 4.69. The fourth-order valence-corrected chi connectivity index (χ4v) is 3.00. The third-order valence-electron chi connectivity index (χ3n) is 3.27. The normalized spacial score (nSPS) is 11.5. The molecule has 5 heteroatoms. The summed E-state index contributed by atoms with van der Waals surface area (Å²) in [7, 11) is -3.47. The number of nitrogens with zero attached hydrogens (tertiary/aromatic N) is 1. The number of sulfonamides is 1. The second-order valence-corrected chi connectivity index (χ2v) is 6.69. The lowest BCUT2D eigenvalue weighted by Crippen LogP contribution is -2.23. The molecule has 1 aromatic heterocycles. The smallest absolute Gasteiger partial charge is 0.240 e. The standard InChI is InChI=1S/C16H20N2O2S/c1-2-3-4-14-5-7-16(8-6-14)21(19,20)18-13-15-9-11-17-12-10-15/h5-12,18H,2-4,13H2,1H3. The monoisotopic (exact) mass is 304 g/mol. The van der Waals surface area contributed by atoms with Crippen LogP contribution >= 0.6 is 0 Å². The quantitative estimate of drug-likeness (QED) is 0.855. The van der Waals surface area contributed by atoms with E-state index in [9.17, 15) is 8.42 Å². The van der Waals surface area contributed by atoms with E-state index in [1.807, 2.05) is 12.1 Å². The lowest BCUT2D eigenvalue weighted by atomic mass is 10.1. The van der Waals surface area contributed by atoms with Crippen molar-refractivity contribution in [2.45, 2.75) is 37.6 Å². The van der Waals surface area contributed by atoms with Gasteiger partial charge in [-0.2, -0.15) is 0 Å². The summed E-state index contributed by atoms with van der Waals surface area (Å²) in [5, 5.41) is 0. The predicted octanol–water partition coefficient (Wildman–Crippen LogP) is 2.90. The van der Waals surface area contributed by atoms with Gasteiger partial charge in [-0.15, -0.1) is 0 Å². The van der Waals surface area contributed by atoms with Crippen molar-refractivity contribution in [1.82, 2.24) is 9.71 Å². The molecule has 1 heterocycles. The van der Waals surface area contributed by atoms with Crippen molar-refractivity contribution in [3.63, 3.8) is 0 Å². The summed E-state index contributed by atoms with van der Waals surface area (Å²) in [5.74, 6) is 0. The molecule has 2 rings (SSSR count). The van der Waals surface area contributed by atoms with Crippen molar-refractivity contribution in [1.29, 1.82) is 0 Å². The maximum Gasteiger partial charge on any atom is 0.240 e. The SMILES string of the molecule is CCCCc1ccc(S(=O)(=O)NCc2ccncc2)cc1. The number of hydrogen-bond acceptors (Lipinski definition) is 3. The summed E-state index contributed by atoms with van der Waals surface area (Å²) in [5.41, 5.74) is 2.05. The molecule has 0 fully saturated rings. The van der Waals surface area contributed by atoms with E-state index in [4.69, 9.17) is 0 Å². The number of pyridine rings is 1. The average molecular weight is 304 g/mol. The molecule has 21 heavy (non-hydrogen) atoms. The lowest BCUT2D eigenvalue weighted by molar-refractivity contribution is 0.581. The van der Waals surface area contributed by atoms with E-state index in [1.54, 1.807) is 36.7 Å². The zero-order valence-corrected chi connectivity index (χ0v) is 12.9. The second kappa shape index (κ2) is 7.33. The summed E-state index contributed by atoms with van der Waals surface area (Å²) in [6.07, 6.45) is 6.53. The Morgan fingerprint density at radius 3 is 2.29 bits per heavy atom. The van der Waals surface area contributed by atoms with Gasteiger partial charge in [-0.25, -0.2) is 13.1 Å². The summed E-state index contributed by atoms with van der Waals surface area (Å²) >= 11 is 0. The Kier molecular flexibility index (Phi) is 5.47. The Morgan fingerprint density at radius 1 is 1.00 bits per heavy atom. The highest BCUT2D eigenvalue weighted by Gasteiger charge is 2.13. The molecule has 0 aliphatic heterocycles. The van der Waals surface area contributed by atoms with Gasteiger partial charge < -0.3 is 0 Å². The number of benzene rings is 1. The van der Waals surface area contributed by atoms with Crippen LogP contribution in [0.25, 0.3) is 0 Å². The first-order chi connectivity index (χ1) is 10.1. The number of hydrogen-bond donors (Lipinski definition) is 1. The highest BCUT2D eigenvalue weighted by atomic mass is 32.2. The number of nitrogens with one attached hydrogen (secondary N) is 1. The fraction of sp³-hybridized carbons (Fsp3) is 0.312. The molecular formula is C16H20N2O2S. The number of aromatic nitrogens is 1. The molecule has 0 bridgehead atoms. The van der Waals surface area contributed by atoms with Crippen molar-refractivity contribution in [2.75, 3.05) is 0 Å². The van der Waals surface area contributed by atoms with Gasteiger partial charge in [0.05, 0.1) is 4.90 Å². The predicted molar refractivity (Wildman–Crippen MR) is 83.3 cm³/mol. The van der Waals surface area contributed by atoms with E-state index in [1.165, 1.54) is 5.56 Å². The van der Waals surface area contributed by atoms with Crippen molar-refractivity contribution in [3.05, 3.63) is 59.9 Å². The van der Waals surface area contributed by atoms with Crippen molar-refractivity contribution in [2.24, 2.45) is 0 Å². The minimum Gasteiger partial charge on any atom is -0.265 e. The number of unbranched alkanes of at least 4 members (excludes halogenated alkanes) is 1. The van der Waals surface area contributed by atoms with Gasteiger partial charge in [0.15, 0.2) is 0 Å². The van der Waals surface area contributed by atoms with Crippen LogP contribution in [0.4, 0.5) is 0 Å². The van der Waals surface area contributed by atoms with Crippen LogP contribution in [-0.2, 0) is 23.0 Å². The van der Waals surface area contributed by atoms with Crippen LogP contribution in [0.15, 0.2) is 53.7 Å². The summed E-state index contributed by atoms with van der Waals surface area (Å²) in [6.45, 7) is 2.41. The molecule has 0 aliphatic rings. The van der Waals surface area contributed by atoms with Crippen molar-refractivity contribution < 1.29 is 8.42 Å². The average Bonchev–Trinajstić information content (AvgIpc) is 2.52. The van der Waals surface area contributed by atoms with E-state index < -0.39 is 10.0 Å². The Labute approximate surface area is 126 Å². The molecule has 2 aromatic rings. The van der Waals surface area contributed by atoms with E-state index in [0.717, 1.165) is 24.8 Å². The molecule has 112 valence electrons. The van der Waals surface area contributed by atoms with Crippen LogP contribution in [-0.4, -0.2) is 13.4 Å². The maximum atomic E-state index is 12.2. The van der Waals surface area contributed by atoms with Gasteiger partial charge in [0.2, 0.25) is 10.0 Å². The summed E-state index contributed by atoms with van der Waals surface area (Å²) < 4.78 is 27.0. The first-order valence-corrected chi connectivity index (χ1v) is 8.57. The summed E-state index contributed by atoms with van der Waals surface area (Å²) in [6, 6.07) is 10.7. The maximum absolute atomic E-state index is 12.2. The lowest BCUT2D eigenvalue weighted by Gasteiger charge is -2.07. The molecule has 0 unspecified atom stereocenters. The largest absolute Gasteiger partial charge is 0.265 e. The van der Waals surface area contributed by atoms with E-state index in [2.05, 4.69) is 16.6 Å². The van der Waals surface area contributed by atoms with Crippen molar-refractivity contribution in [3.8, 4) is 0 Å². The Bertz CT molecular complexity index is 652. The molecule has 0 saturated carbocycles. The van der Waals surface area contributed by atoms with Crippen LogP contribution < -0.4 is 4.72 Å². The minimum atomic E-state index is -3.47. The van der Waals surface area contributed by atoms with Gasteiger partial charge in [0.1, 0.15) is 0 Å². The highest BCUT2D eigenvalue weighted by molar-refractivity contribution is 7.89. The van der Waals surface area contributed by atoms with E-state index >= 15 is 0 Å². The van der Waals surface area contributed by atoms with E-state index in [0.29, 0.717) is 4.90 Å². The van der Waals surface area contributed by atoms with Gasteiger partial charge >= 0.3 is 0 Å².